The fraction of sp³-hybridized carbons (Fsp3) is 0.500. The van der Waals surface area contributed by atoms with Crippen molar-refractivity contribution in [3.63, 3.8) is 0 Å². The first-order valence-corrected chi connectivity index (χ1v) is 7.24. The maximum atomic E-state index is 11.9. The third kappa shape index (κ3) is 3.15. The second kappa shape index (κ2) is 6.02. The molecule has 3 nitrogen and oxygen atoms in total. The minimum absolute atomic E-state index is 0.0568. The zero-order valence-electron chi connectivity index (χ0n) is 11.2. The van der Waals surface area contributed by atoms with Gasteiger partial charge in [0.15, 0.2) is 0 Å². The highest BCUT2D eigenvalue weighted by atomic mass is 35.5. The minimum atomic E-state index is 0.0568. The van der Waals surface area contributed by atoms with Crippen molar-refractivity contribution in [2.24, 2.45) is 5.92 Å². The maximum Gasteiger partial charge on any atom is 0.225 e. The number of hydrogen-bond acceptors (Lipinski definition) is 2. The Hall–Kier alpha value is -0.930. The van der Waals surface area contributed by atoms with Gasteiger partial charge in [0.25, 0.3) is 0 Å². The number of anilines is 1. The van der Waals surface area contributed by atoms with Gasteiger partial charge in [0.2, 0.25) is 5.91 Å². The molecule has 104 valence electrons. The molecule has 1 fully saturated rings. The largest absolute Gasteiger partial charge is 0.367 e. The van der Waals surface area contributed by atoms with Crippen molar-refractivity contribution in [3.05, 3.63) is 28.2 Å². The van der Waals surface area contributed by atoms with Crippen molar-refractivity contribution in [2.75, 3.05) is 31.1 Å². The first-order chi connectivity index (χ1) is 9.00. The molecule has 0 unspecified atom stereocenters. The van der Waals surface area contributed by atoms with Gasteiger partial charge in [-0.3, -0.25) is 4.79 Å². The molecule has 5 heteroatoms. The Labute approximate surface area is 124 Å². The van der Waals surface area contributed by atoms with Crippen molar-refractivity contribution in [1.82, 2.24) is 4.90 Å². The lowest BCUT2D eigenvalue weighted by Gasteiger charge is -2.37. The van der Waals surface area contributed by atoms with Crippen LogP contribution in [0.1, 0.15) is 13.8 Å². The summed E-state index contributed by atoms with van der Waals surface area (Å²) in [6.07, 6.45) is 0. The van der Waals surface area contributed by atoms with Crippen molar-refractivity contribution >= 4 is 34.8 Å². The van der Waals surface area contributed by atoms with Crippen LogP contribution in [0.15, 0.2) is 18.2 Å². The van der Waals surface area contributed by atoms with Crippen LogP contribution in [0.4, 0.5) is 5.69 Å². The zero-order valence-corrected chi connectivity index (χ0v) is 12.7. The van der Waals surface area contributed by atoms with Crippen LogP contribution in [0, 0.1) is 5.92 Å². The number of halogens is 2. The molecular weight excluding hydrogens is 283 g/mol. The van der Waals surface area contributed by atoms with Gasteiger partial charge in [-0.1, -0.05) is 43.1 Å². The van der Waals surface area contributed by atoms with Crippen LogP contribution in [0.25, 0.3) is 0 Å². The topological polar surface area (TPSA) is 23.6 Å². The monoisotopic (exact) mass is 300 g/mol. The summed E-state index contributed by atoms with van der Waals surface area (Å²) in [5.41, 5.74) is 0.950. The fourth-order valence-corrected chi connectivity index (χ4v) is 2.68. The average Bonchev–Trinajstić information content (AvgIpc) is 2.41. The highest BCUT2D eigenvalue weighted by molar-refractivity contribution is 6.43. The van der Waals surface area contributed by atoms with Crippen LogP contribution in [0.5, 0.6) is 0 Å². The molecule has 0 spiro atoms. The van der Waals surface area contributed by atoms with Gasteiger partial charge < -0.3 is 9.80 Å². The van der Waals surface area contributed by atoms with E-state index in [0.717, 1.165) is 31.9 Å². The second-order valence-electron chi connectivity index (χ2n) is 5.04. The molecule has 0 saturated carbocycles. The number of hydrogen-bond donors (Lipinski definition) is 0. The molecule has 19 heavy (non-hydrogen) atoms. The van der Waals surface area contributed by atoms with Gasteiger partial charge in [-0.15, -0.1) is 0 Å². The third-order valence-electron chi connectivity index (χ3n) is 3.36. The summed E-state index contributed by atoms with van der Waals surface area (Å²) in [6, 6.07) is 5.65. The lowest BCUT2D eigenvalue weighted by atomic mass is 10.1. The molecule has 0 aromatic heterocycles. The molecular formula is C14H18Cl2N2O. The Morgan fingerprint density at radius 1 is 1.16 bits per heavy atom. The van der Waals surface area contributed by atoms with Crippen molar-refractivity contribution in [1.29, 1.82) is 0 Å². The molecule has 1 saturated heterocycles. The summed E-state index contributed by atoms with van der Waals surface area (Å²) in [5, 5.41) is 1.16. The average molecular weight is 301 g/mol. The number of rotatable bonds is 2. The van der Waals surface area contributed by atoms with Crippen LogP contribution < -0.4 is 4.90 Å². The van der Waals surface area contributed by atoms with Gasteiger partial charge in [0.05, 0.1) is 15.7 Å². The predicted octanol–water partition coefficient (Wildman–Crippen LogP) is 3.30. The number of piperazine rings is 1. The van der Waals surface area contributed by atoms with E-state index in [9.17, 15) is 4.79 Å². The molecule has 1 heterocycles. The first-order valence-electron chi connectivity index (χ1n) is 6.48. The van der Waals surface area contributed by atoms with Gasteiger partial charge in [-0.25, -0.2) is 0 Å². The number of amides is 1. The summed E-state index contributed by atoms with van der Waals surface area (Å²) < 4.78 is 0. The van der Waals surface area contributed by atoms with E-state index < -0.39 is 0 Å². The lowest BCUT2D eigenvalue weighted by Crippen LogP contribution is -2.50. The van der Waals surface area contributed by atoms with E-state index in [1.54, 1.807) is 6.07 Å². The Morgan fingerprint density at radius 3 is 2.37 bits per heavy atom. The van der Waals surface area contributed by atoms with Crippen LogP contribution >= 0.6 is 23.2 Å². The summed E-state index contributed by atoms with van der Waals surface area (Å²) >= 11 is 12.3. The third-order valence-corrected chi connectivity index (χ3v) is 4.17. The Balaban J connectivity index is 2.04. The summed E-state index contributed by atoms with van der Waals surface area (Å²) in [4.78, 5) is 16.0. The van der Waals surface area contributed by atoms with Crippen molar-refractivity contribution in [3.8, 4) is 0 Å². The Morgan fingerprint density at radius 2 is 1.79 bits per heavy atom. The van der Waals surface area contributed by atoms with Gasteiger partial charge in [0.1, 0.15) is 0 Å². The van der Waals surface area contributed by atoms with Crippen LogP contribution in [-0.4, -0.2) is 37.0 Å². The molecule has 2 rings (SSSR count). The maximum absolute atomic E-state index is 11.9. The Bertz CT molecular complexity index is 469. The highest BCUT2D eigenvalue weighted by Crippen LogP contribution is 2.32. The van der Waals surface area contributed by atoms with E-state index in [2.05, 4.69) is 4.90 Å². The molecule has 1 aliphatic rings. The predicted molar refractivity (Wildman–Crippen MR) is 80.1 cm³/mol. The minimum Gasteiger partial charge on any atom is -0.367 e. The quantitative estimate of drug-likeness (QED) is 0.837. The number of nitrogens with zero attached hydrogens (tertiary/aromatic N) is 2. The second-order valence-corrected chi connectivity index (χ2v) is 5.83. The number of carbonyl (C=O) groups excluding carboxylic acids is 1. The molecule has 1 amide bonds. The summed E-state index contributed by atoms with van der Waals surface area (Å²) in [5.74, 6) is 0.276. The van der Waals surface area contributed by atoms with Crippen LogP contribution in [0.3, 0.4) is 0 Å². The van der Waals surface area contributed by atoms with E-state index in [1.807, 2.05) is 30.9 Å². The highest BCUT2D eigenvalue weighted by Gasteiger charge is 2.24. The SMILES string of the molecule is CC(C)C(=O)N1CCN(c2cccc(Cl)c2Cl)CC1. The standard InChI is InChI=1S/C14H18Cl2N2O/c1-10(2)14(19)18-8-6-17(7-9-18)12-5-3-4-11(15)13(12)16/h3-5,10H,6-9H2,1-2H3. The smallest absolute Gasteiger partial charge is 0.225 e. The van der Waals surface area contributed by atoms with Gasteiger partial charge in [-0.2, -0.15) is 0 Å². The first kappa shape index (κ1) is 14.5. The van der Waals surface area contributed by atoms with E-state index in [0.29, 0.717) is 10.0 Å². The lowest BCUT2D eigenvalue weighted by molar-refractivity contribution is -0.134. The van der Waals surface area contributed by atoms with E-state index >= 15 is 0 Å². The van der Waals surface area contributed by atoms with E-state index in [-0.39, 0.29) is 11.8 Å². The van der Waals surface area contributed by atoms with Crippen LogP contribution in [0.2, 0.25) is 10.0 Å². The number of benzene rings is 1. The molecule has 0 atom stereocenters. The van der Waals surface area contributed by atoms with Gasteiger partial charge in [0, 0.05) is 32.1 Å². The normalized spacial score (nSPS) is 16.1. The van der Waals surface area contributed by atoms with Gasteiger partial charge in [-0.05, 0) is 12.1 Å². The van der Waals surface area contributed by atoms with Gasteiger partial charge >= 0.3 is 0 Å². The molecule has 0 N–H and O–H groups in total. The van der Waals surface area contributed by atoms with E-state index in [1.165, 1.54) is 0 Å². The number of carbonyl (C=O) groups is 1. The Kier molecular flexibility index (Phi) is 4.58. The zero-order chi connectivity index (χ0) is 14.0. The fourth-order valence-electron chi connectivity index (χ4n) is 2.27. The van der Waals surface area contributed by atoms with Crippen molar-refractivity contribution < 1.29 is 4.79 Å². The molecule has 1 aliphatic heterocycles. The molecule has 0 bridgehead atoms. The molecule has 1 aromatic rings. The summed E-state index contributed by atoms with van der Waals surface area (Å²) in [6.45, 7) is 6.92. The van der Waals surface area contributed by atoms with Crippen LogP contribution in [-0.2, 0) is 4.79 Å². The van der Waals surface area contributed by atoms with E-state index in [4.69, 9.17) is 23.2 Å². The molecule has 1 aromatic carbocycles. The molecule has 0 radical (unpaired) electrons. The summed E-state index contributed by atoms with van der Waals surface area (Å²) in [7, 11) is 0. The molecule has 0 aliphatic carbocycles. The van der Waals surface area contributed by atoms with Crippen molar-refractivity contribution in [2.45, 2.75) is 13.8 Å².